The lowest BCUT2D eigenvalue weighted by Crippen LogP contribution is -2.25. The highest BCUT2D eigenvalue weighted by Crippen LogP contribution is 2.21. The van der Waals surface area contributed by atoms with Gasteiger partial charge in [0.1, 0.15) is 11.4 Å². The zero-order valence-electron chi connectivity index (χ0n) is 11.9. The van der Waals surface area contributed by atoms with E-state index in [1.165, 1.54) is 19.1 Å². The van der Waals surface area contributed by atoms with Gasteiger partial charge in [-0.3, -0.25) is 0 Å². The highest BCUT2D eigenvalue weighted by atomic mass is 16.5. The molecule has 0 aliphatic heterocycles. The number of ether oxygens (including phenoxy) is 3. The number of esters is 2. The monoisotopic (exact) mass is 279 g/mol. The number of hydrogen-bond donors (Lipinski definition) is 0. The molecule has 108 valence electrons. The normalized spacial score (nSPS) is 10.7. The molecule has 1 aromatic carbocycles. The Morgan fingerprint density at radius 3 is 2.10 bits per heavy atom. The van der Waals surface area contributed by atoms with Crippen molar-refractivity contribution in [3.63, 3.8) is 0 Å². The maximum Gasteiger partial charge on any atom is 0.354 e. The molecule has 1 aromatic rings. The number of nitrogens with zero attached hydrogens (tertiary/aromatic N) is 1. The zero-order valence-corrected chi connectivity index (χ0v) is 11.9. The van der Waals surface area contributed by atoms with E-state index in [4.69, 9.17) is 4.74 Å². The summed E-state index contributed by atoms with van der Waals surface area (Å²) < 4.78 is 14.3. The molecule has 0 amide bonds. The third-order valence-corrected chi connectivity index (χ3v) is 2.67. The van der Waals surface area contributed by atoms with Gasteiger partial charge in [0.15, 0.2) is 0 Å². The molecule has 0 radical (unpaired) electrons. The van der Waals surface area contributed by atoms with Crippen molar-refractivity contribution in [3.8, 4) is 5.75 Å². The van der Waals surface area contributed by atoms with Crippen molar-refractivity contribution < 1.29 is 23.8 Å². The fraction of sp³-hybridized carbons (Fsp3) is 0.286. The Balaban J connectivity index is 3.09. The minimum atomic E-state index is -0.634. The van der Waals surface area contributed by atoms with E-state index in [1.807, 2.05) is 0 Å². The molecular weight excluding hydrogens is 262 g/mol. The molecule has 0 aliphatic carbocycles. The summed E-state index contributed by atoms with van der Waals surface area (Å²) in [6.07, 6.45) is 1.08. The van der Waals surface area contributed by atoms with Gasteiger partial charge < -0.3 is 19.1 Å². The van der Waals surface area contributed by atoms with Crippen LogP contribution in [0.2, 0.25) is 0 Å². The van der Waals surface area contributed by atoms with Gasteiger partial charge in [0.05, 0.1) is 27.4 Å². The molecule has 0 N–H and O–H groups in total. The zero-order chi connectivity index (χ0) is 15.1. The fourth-order valence-corrected chi connectivity index (χ4v) is 1.51. The summed E-state index contributed by atoms with van der Waals surface area (Å²) in [4.78, 5) is 24.6. The predicted molar refractivity (Wildman–Crippen MR) is 73.5 cm³/mol. The van der Waals surface area contributed by atoms with Crippen LogP contribution in [0.15, 0.2) is 36.0 Å². The van der Waals surface area contributed by atoms with E-state index in [9.17, 15) is 9.59 Å². The Morgan fingerprint density at radius 1 is 1.05 bits per heavy atom. The second-order valence-electron chi connectivity index (χ2n) is 3.80. The van der Waals surface area contributed by atoms with Crippen molar-refractivity contribution in [2.45, 2.75) is 0 Å². The van der Waals surface area contributed by atoms with Crippen LogP contribution in [-0.2, 0) is 19.1 Å². The first kappa shape index (κ1) is 15.6. The van der Waals surface area contributed by atoms with Crippen molar-refractivity contribution in [2.24, 2.45) is 0 Å². The minimum Gasteiger partial charge on any atom is -0.497 e. The average Bonchev–Trinajstić information content (AvgIpc) is 2.50. The standard InChI is InChI=1S/C14H17NO5/c1-15(10-5-7-11(18-2)8-6-10)12(14(17)20-4)9-13(16)19-3/h5-9H,1-4H3/b12-9+. The molecule has 1 rings (SSSR count). The van der Waals surface area contributed by atoms with Gasteiger partial charge in [-0.2, -0.15) is 0 Å². The predicted octanol–water partition coefficient (Wildman–Crippen LogP) is 1.36. The number of carbonyl (C=O) groups is 2. The Labute approximate surface area is 117 Å². The highest BCUT2D eigenvalue weighted by molar-refractivity contribution is 5.99. The Morgan fingerprint density at radius 2 is 1.65 bits per heavy atom. The van der Waals surface area contributed by atoms with Crippen LogP contribution < -0.4 is 9.64 Å². The first-order valence-electron chi connectivity index (χ1n) is 5.79. The smallest absolute Gasteiger partial charge is 0.354 e. The van der Waals surface area contributed by atoms with Crippen LogP contribution in [-0.4, -0.2) is 40.3 Å². The van der Waals surface area contributed by atoms with Gasteiger partial charge in [-0.1, -0.05) is 0 Å². The largest absolute Gasteiger partial charge is 0.497 e. The lowest BCUT2D eigenvalue weighted by molar-refractivity contribution is -0.138. The number of likely N-dealkylation sites (N-methyl/N-ethyl adjacent to an activating group) is 1. The SMILES string of the molecule is COC(=O)/C=C(\C(=O)OC)N(C)c1ccc(OC)cc1. The topological polar surface area (TPSA) is 65.1 Å². The van der Waals surface area contributed by atoms with E-state index >= 15 is 0 Å². The second-order valence-corrected chi connectivity index (χ2v) is 3.80. The summed E-state index contributed by atoms with van der Waals surface area (Å²) in [7, 11) is 5.69. The molecule has 6 nitrogen and oxygen atoms in total. The van der Waals surface area contributed by atoms with E-state index in [0.717, 1.165) is 6.08 Å². The Hall–Kier alpha value is -2.50. The summed E-state index contributed by atoms with van der Waals surface area (Å²) in [6, 6.07) is 7.01. The summed E-state index contributed by atoms with van der Waals surface area (Å²) in [6.45, 7) is 0. The van der Waals surface area contributed by atoms with Crippen LogP contribution in [0.4, 0.5) is 5.69 Å². The van der Waals surface area contributed by atoms with Gasteiger partial charge in [0.25, 0.3) is 0 Å². The van der Waals surface area contributed by atoms with Crippen molar-refractivity contribution in [1.82, 2.24) is 0 Å². The molecule has 0 unspecified atom stereocenters. The fourth-order valence-electron chi connectivity index (χ4n) is 1.51. The minimum absolute atomic E-state index is 0.0736. The van der Waals surface area contributed by atoms with Crippen molar-refractivity contribution >= 4 is 17.6 Å². The number of carbonyl (C=O) groups excluding carboxylic acids is 2. The Kier molecular flexibility index (Phi) is 5.58. The first-order chi connectivity index (χ1) is 9.53. The van der Waals surface area contributed by atoms with Crippen LogP contribution in [0.1, 0.15) is 0 Å². The van der Waals surface area contributed by atoms with Crippen molar-refractivity contribution in [3.05, 3.63) is 36.0 Å². The van der Waals surface area contributed by atoms with Gasteiger partial charge in [0.2, 0.25) is 0 Å². The van der Waals surface area contributed by atoms with Crippen LogP contribution in [0.3, 0.4) is 0 Å². The summed E-state index contributed by atoms with van der Waals surface area (Å²) in [5, 5.41) is 0. The van der Waals surface area contributed by atoms with E-state index in [-0.39, 0.29) is 5.70 Å². The van der Waals surface area contributed by atoms with Gasteiger partial charge >= 0.3 is 11.9 Å². The van der Waals surface area contributed by atoms with E-state index < -0.39 is 11.9 Å². The molecule has 0 aliphatic rings. The molecule has 6 heteroatoms. The molecule has 0 spiro atoms. The lowest BCUT2D eigenvalue weighted by Gasteiger charge is -2.20. The van der Waals surface area contributed by atoms with E-state index in [1.54, 1.807) is 38.4 Å². The third-order valence-electron chi connectivity index (χ3n) is 2.67. The van der Waals surface area contributed by atoms with E-state index in [2.05, 4.69) is 9.47 Å². The van der Waals surface area contributed by atoms with Crippen LogP contribution in [0, 0.1) is 0 Å². The van der Waals surface area contributed by atoms with Crippen LogP contribution in [0.25, 0.3) is 0 Å². The molecule has 20 heavy (non-hydrogen) atoms. The molecule has 0 heterocycles. The summed E-state index contributed by atoms with van der Waals surface area (Å²) in [5.41, 5.74) is 0.774. The maximum atomic E-state index is 11.7. The molecule has 0 saturated carbocycles. The highest BCUT2D eigenvalue weighted by Gasteiger charge is 2.18. The number of anilines is 1. The van der Waals surface area contributed by atoms with Gasteiger partial charge in [-0.05, 0) is 24.3 Å². The average molecular weight is 279 g/mol. The molecule has 0 saturated heterocycles. The summed E-state index contributed by atoms with van der Waals surface area (Å²) >= 11 is 0. The van der Waals surface area contributed by atoms with Crippen LogP contribution >= 0.6 is 0 Å². The molecule has 0 fully saturated rings. The number of hydrogen-bond acceptors (Lipinski definition) is 6. The number of rotatable bonds is 5. The number of methoxy groups -OCH3 is 3. The molecule has 0 atom stereocenters. The van der Waals surface area contributed by atoms with Gasteiger partial charge in [-0.15, -0.1) is 0 Å². The van der Waals surface area contributed by atoms with Crippen molar-refractivity contribution in [1.29, 1.82) is 0 Å². The quantitative estimate of drug-likeness (QED) is 0.599. The van der Waals surface area contributed by atoms with Gasteiger partial charge in [-0.25, -0.2) is 9.59 Å². The molecule has 0 aromatic heterocycles. The molecule has 0 bridgehead atoms. The summed E-state index contributed by atoms with van der Waals surface area (Å²) in [5.74, 6) is -0.571. The van der Waals surface area contributed by atoms with Gasteiger partial charge in [0, 0.05) is 12.7 Å². The number of benzene rings is 1. The van der Waals surface area contributed by atoms with Crippen LogP contribution in [0.5, 0.6) is 5.75 Å². The lowest BCUT2D eigenvalue weighted by atomic mass is 10.2. The third kappa shape index (κ3) is 3.74. The second kappa shape index (κ2) is 7.18. The Bertz CT molecular complexity index is 507. The van der Waals surface area contributed by atoms with Crippen molar-refractivity contribution in [2.75, 3.05) is 33.3 Å². The van der Waals surface area contributed by atoms with E-state index in [0.29, 0.717) is 11.4 Å². The molecular formula is C14H17NO5. The maximum absolute atomic E-state index is 11.7. The first-order valence-corrected chi connectivity index (χ1v) is 5.79.